The van der Waals surface area contributed by atoms with E-state index in [9.17, 15) is 4.39 Å². The van der Waals surface area contributed by atoms with Gasteiger partial charge in [-0.1, -0.05) is 55.1 Å². The molecule has 20 heavy (non-hydrogen) atoms. The molecule has 0 atom stereocenters. The summed E-state index contributed by atoms with van der Waals surface area (Å²) in [7, 11) is 1.43. The van der Waals surface area contributed by atoms with Crippen molar-refractivity contribution in [3.8, 4) is 17.1 Å². The number of nitrogens with zero attached hydrogens (tertiary/aromatic N) is 2. The van der Waals surface area contributed by atoms with Crippen molar-refractivity contribution in [1.82, 2.24) is 9.97 Å². The first kappa shape index (κ1) is 15.9. The molecule has 1 aromatic carbocycles. The average molecular weight is 445 g/mol. The molecule has 0 aliphatic heterocycles. The van der Waals surface area contributed by atoms with E-state index in [1.54, 1.807) is 6.07 Å². The molecule has 0 spiro atoms. The topological polar surface area (TPSA) is 35.0 Å². The van der Waals surface area contributed by atoms with Gasteiger partial charge in [0.1, 0.15) is 17.2 Å². The summed E-state index contributed by atoms with van der Waals surface area (Å²) >= 11 is 18.8. The van der Waals surface area contributed by atoms with Gasteiger partial charge >= 0.3 is 0 Å². The first-order chi connectivity index (χ1) is 9.45. The number of hydrogen-bond donors (Lipinski definition) is 0. The molecule has 2 rings (SSSR count). The predicted octanol–water partition coefficient (Wildman–Crippen LogP) is 5.39. The van der Waals surface area contributed by atoms with Crippen molar-refractivity contribution in [3.05, 3.63) is 39.9 Å². The standard InChI is InChI=1S/C12H7Br2Cl2FN2O/c1-20-12-9(16)10(18-4-19-12)6-2-5(11(13)14)7(15)3-8(6)17/h2-4,11H,1H3. The molecular formula is C12H7Br2Cl2FN2O. The maximum Gasteiger partial charge on any atom is 0.236 e. The van der Waals surface area contributed by atoms with E-state index in [4.69, 9.17) is 27.9 Å². The van der Waals surface area contributed by atoms with E-state index in [0.29, 0.717) is 10.6 Å². The number of alkyl halides is 2. The SMILES string of the molecule is COc1ncnc(-c2cc(C(Br)Br)c(Cl)cc2F)c1Cl. The zero-order valence-corrected chi connectivity index (χ0v) is 14.7. The zero-order valence-electron chi connectivity index (χ0n) is 10.0. The van der Waals surface area contributed by atoms with Gasteiger partial charge in [-0.05, 0) is 17.7 Å². The van der Waals surface area contributed by atoms with Gasteiger partial charge < -0.3 is 4.74 Å². The van der Waals surface area contributed by atoms with Crippen molar-refractivity contribution >= 4 is 55.1 Å². The number of benzene rings is 1. The van der Waals surface area contributed by atoms with Crippen LogP contribution in [0, 0.1) is 5.82 Å². The van der Waals surface area contributed by atoms with Crippen LogP contribution in [0.1, 0.15) is 9.30 Å². The lowest BCUT2D eigenvalue weighted by Gasteiger charge is -2.11. The highest BCUT2D eigenvalue weighted by Gasteiger charge is 2.19. The summed E-state index contributed by atoms with van der Waals surface area (Å²) in [6, 6.07) is 2.78. The predicted molar refractivity (Wildman–Crippen MR) is 84.6 cm³/mol. The van der Waals surface area contributed by atoms with Gasteiger partial charge in [0, 0.05) is 10.6 Å². The van der Waals surface area contributed by atoms with Crippen LogP contribution in [-0.2, 0) is 0 Å². The Bertz CT molecular complexity index is 656. The highest BCUT2D eigenvalue weighted by molar-refractivity contribution is 9.24. The van der Waals surface area contributed by atoms with Gasteiger partial charge in [0.15, 0.2) is 0 Å². The third-order valence-electron chi connectivity index (χ3n) is 2.53. The van der Waals surface area contributed by atoms with Gasteiger partial charge in [-0.15, -0.1) is 0 Å². The summed E-state index contributed by atoms with van der Waals surface area (Å²) in [5.74, 6) is -0.344. The Morgan fingerprint density at radius 2 is 1.95 bits per heavy atom. The largest absolute Gasteiger partial charge is 0.480 e. The molecule has 106 valence electrons. The van der Waals surface area contributed by atoms with E-state index in [0.717, 1.165) is 0 Å². The highest BCUT2D eigenvalue weighted by atomic mass is 79.9. The van der Waals surface area contributed by atoms with Crippen molar-refractivity contribution in [2.45, 2.75) is 3.74 Å². The number of hydrogen-bond acceptors (Lipinski definition) is 3. The van der Waals surface area contributed by atoms with Crippen molar-refractivity contribution in [1.29, 1.82) is 0 Å². The van der Waals surface area contributed by atoms with Crippen LogP contribution < -0.4 is 4.74 Å². The molecule has 8 heteroatoms. The second kappa shape index (κ2) is 6.56. The fourth-order valence-corrected chi connectivity index (χ4v) is 3.16. The van der Waals surface area contributed by atoms with Gasteiger partial charge in [-0.2, -0.15) is 0 Å². The van der Waals surface area contributed by atoms with Crippen LogP contribution in [0.5, 0.6) is 5.88 Å². The zero-order chi connectivity index (χ0) is 14.9. The molecule has 1 aromatic heterocycles. The van der Waals surface area contributed by atoms with Crippen LogP contribution in [0.25, 0.3) is 11.3 Å². The van der Waals surface area contributed by atoms with Crippen LogP contribution >= 0.6 is 55.1 Å². The lowest BCUT2D eigenvalue weighted by Crippen LogP contribution is -1.97. The molecule has 0 N–H and O–H groups in total. The van der Waals surface area contributed by atoms with E-state index in [1.165, 1.54) is 19.5 Å². The Kier molecular flexibility index (Phi) is 5.23. The summed E-state index contributed by atoms with van der Waals surface area (Å²) < 4.78 is 18.9. The van der Waals surface area contributed by atoms with Gasteiger partial charge in [0.05, 0.1) is 16.5 Å². The van der Waals surface area contributed by atoms with E-state index >= 15 is 0 Å². The monoisotopic (exact) mass is 442 g/mol. The van der Waals surface area contributed by atoms with Crippen molar-refractivity contribution in [2.75, 3.05) is 7.11 Å². The molecule has 2 aromatic rings. The van der Waals surface area contributed by atoms with Crippen LogP contribution in [0.3, 0.4) is 0 Å². The molecule has 3 nitrogen and oxygen atoms in total. The Labute approximate surface area is 141 Å². The number of rotatable bonds is 3. The number of halogens is 5. The van der Waals surface area contributed by atoms with Crippen LogP contribution in [0.4, 0.5) is 4.39 Å². The molecule has 0 aliphatic carbocycles. The molecule has 0 radical (unpaired) electrons. The summed E-state index contributed by atoms with van der Waals surface area (Å²) in [5, 5.41) is 0.435. The maximum atomic E-state index is 14.1. The highest BCUT2D eigenvalue weighted by Crippen LogP contribution is 2.40. The summed E-state index contributed by atoms with van der Waals surface area (Å²) in [6.07, 6.45) is 1.26. The first-order valence-electron chi connectivity index (χ1n) is 5.27. The second-order valence-corrected chi connectivity index (χ2v) is 7.55. The molecule has 0 saturated carbocycles. The minimum Gasteiger partial charge on any atom is -0.480 e. The second-order valence-electron chi connectivity index (χ2n) is 3.70. The minimum absolute atomic E-state index is 0.142. The van der Waals surface area contributed by atoms with Gasteiger partial charge in [0.2, 0.25) is 5.88 Å². The molecule has 0 aliphatic rings. The molecule has 1 heterocycles. The molecule has 0 saturated heterocycles. The smallest absolute Gasteiger partial charge is 0.236 e. The summed E-state index contributed by atoms with van der Waals surface area (Å²) in [4.78, 5) is 7.87. The maximum absolute atomic E-state index is 14.1. The Morgan fingerprint density at radius 3 is 2.55 bits per heavy atom. The lowest BCUT2D eigenvalue weighted by molar-refractivity contribution is 0.397. The molecule has 0 amide bonds. The third-order valence-corrected chi connectivity index (χ3v) is 4.18. The fraction of sp³-hybridized carbons (Fsp3) is 0.167. The third kappa shape index (κ3) is 3.08. The van der Waals surface area contributed by atoms with Crippen LogP contribution in [-0.4, -0.2) is 17.1 Å². The number of methoxy groups -OCH3 is 1. The van der Waals surface area contributed by atoms with Gasteiger partial charge in [-0.3, -0.25) is 0 Å². The van der Waals surface area contributed by atoms with Crippen LogP contribution in [0.2, 0.25) is 10.0 Å². The summed E-state index contributed by atoms with van der Waals surface area (Å²) in [5.41, 5.74) is 1.13. The number of ether oxygens (including phenoxy) is 1. The Balaban J connectivity index is 2.67. The van der Waals surface area contributed by atoms with Gasteiger partial charge in [0.25, 0.3) is 0 Å². The van der Waals surface area contributed by atoms with Crippen molar-refractivity contribution < 1.29 is 9.13 Å². The Morgan fingerprint density at radius 1 is 1.25 bits per heavy atom. The molecule has 0 bridgehead atoms. The Hall–Kier alpha value is -0.430. The van der Waals surface area contributed by atoms with Crippen molar-refractivity contribution in [2.24, 2.45) is 0 Å². The molecule has 0 unspecified atom stereocenters. The van der Waals surface area contributed by atoms with E-state index in [-0.39, 0.29) is 25.9 Å². The van der Waals surface area contributed by atoms with E-state index in [2.05, 4.69) is 41.8 Å². The lowest BCUT2D eigenvalue weighted by atomic mass is 10.1. The van der Waals surface area contributed by atoms with Crippen molar-refractivity contribution in [3.63, 3.8) is 0 Å². The average Bonchev–Trinajstić information content (AvgIpc) is 2.39. The summed E-state index contributed by atoms with van der Waals surface area (Å²) in [6.45, 7) is 0. The molecular weight excluding hydrogens is 438 g/mol. The normalized spacial score (nSPS) is 10.9. The quantitative estimate of drug-likeness (QED) is 0.595. The van der Waals surface area contributed by atoms with Crippen LogP contribution in [0.15, 0.2) is 18.5 Å². The van der Waals surface area contributed by atoms with E-state index < -0.39 is 5.82 Å². The number of aromatic nitrogens is 2. The first-order valence-corrected chi connectivity index (χ1v) is 7.86. The van der Waals surface area contributed by atoms with Gasteiger partial charge in [-0.25, -0.2) is 14.4 Å². The molecule has 0 fully saturated rings. The van der Waals surface area contributed by atoms with E-state index in [1.807, 2.05) is 0 Å². The fourth-order valence-electron chi connectivity index (χ4n) is 1.60. The minimum atomic E-state index is -0.526.